The van der Waals surface area contributed by atoms with Gasteiger partial charge in [0.05, 0.1) is 0 Å². The van der Waals surface area contributed by atoms with Crippen LogP contribution in [0.5, 0.6) is 0 Å². The third-order valence-corrected chi connectivity index (χ3v) is 15.0. The molecule has 2 heteroatoms. The summed E-state index contributed by atoms with van der Waals surface area (Å²) in [5.41, 5.74) is 23.8. The summed E-state index contributed by atoms with van der Waals surface area (Å²) in [6.07, 6.45) is 4.91. The van der Waals surface area contributed by atoms with E-state index in [0.717, 1.165) is 38.9 Å². The zero-order valence-electron chi connectivity index (χ0n) is 36.2. The number of anilines is 3. The van der Waals surface area contributed by atoms with Crippen LogP contribution in [0.2, 0.25) is 0 Å². The molecule has 1 aromatic heterocycles. The molecule has 0 atom stereocenters. The lowest BCUT2D eigenvalue weighted by Crippen LogP contribution is -2.21. The van der Waals surface area contributed by atoms with E-state index >= 15 is 0 Å². The van der Waals surface area contributed by atoms with Crippen molar-refractivity contribution in [2.75, 3.05) is 4.90 Å². The first-order valence-electron chi connectivity index (χ1n) is 23.0. The van der Waals surface area contributed by atoms with E-state index < -0.39 is 0 Å². The normalized spacial score (nSPS) is 15.0. The highest BCUT2D eigenvalue weighted by molar-refractivity contribution is 6.12. The molecule has 1 saturated carbocycles. The Hall–Kier alpha value is -7.42. The second-order valence-electron chi connectivity index (χ2n) is 18.7. The molecule has 1 heterocycles. The highest BCUT2D eigenvalue weighted by atomic mass is 16.3. The van der Waals surface area contributed by atoms with Crippen molar-refractivity contribution in [2.45, 2.75) is 50.4 Å². The summed E-state index contributed by atoms with van der Waals surface area (Å²) in [5, 5.41) is 2.29. The lowest BCUT2D eigenvalue weighted by Gasteiger charge is -2.30. The van der Waals surface area contributed by atoms with E-state index in [4.69, 9.17) is 4.42 Å². The van der Waals surface area contributed by atoms with Crippen molar-refractivity contribution < 1.29 is 4.42 Å². The van der Waals surface area contributed by atoms with Crippen LogP contribution in [0.1, 0.15) is 61.8 Å². The third kappa shape index (κ3) is 5.38. The average molecular weight is 822 g/mol. The number of rotatable bonds is 6. The molecule has 0 N–H and O–H groups in total. The molecule has 0 bridgehead atoms. The number of hydrogen-bond donors (Lipinski definition) is 0. The van der Waals surface area contributed by atoms with Crippen LogP contribution in [-0.4, -0.2) is 0 Å². The molecule has 3 aliphatic carbocycles. The molecule has 2 nitrogen and oxygen atoms in total. The average Bonchev–Trinajstić information content (AvgIpc) is 4.11. The number of fused-ring (bicyclic) bond motifs is 11. The first-order valence-corrected chi connectivity index (χ1v) is 23.0. The first kappa shape index (κ1) is 37.2. The molecule has 306 valence electrons. The number of furan rings is 1. The van der Waals surface area contributed by atoms with Gasteiger partial charge in [0.25, 0.3) is 0 Å². The monoisotopic (exact) mass is 821 g/mol. The van der Waals surface area contributed by atoms with Gasteiger partial charge >= 0.3 is 0 Å². The molecule has 3 aliphatic rings. The van der Waals surface area contributed by atoms with Crippen LogP contribution in [0.4, 0.5) is 17.1 Å². The first-order chi connectivity index (χ1) is 31.5. The largest absolute Gasteiger partial charge is 0.456 e. The summed E-state index contributed by atoms with van der Waals surface area (Å²) in [4.78, 5) is 2.47. The number of nitrogens with zero attached hydrogens (tertiary/aromatic N) is 1. The van der Waals surface area contributed by atoms with E-state index in [1.807, 2.05) is 6.07 Å². The quantitative estimate of drug-likeness (QED) is 0.166. The predicted molar refractivity (Wildman–Crippen MR) is 267 cm³/mol. The topological polar surface area (TPSA) is 16.4 Å². The number of hydrogen-bond acceptors (Lipinski definition) is 2. The van der Waals surface area contributed by atoms with Crippen LogP contribution < -0.4 is 4.90 Å². The lowest BCUT2D eigenvalue weighted by atomic mass is 9.76. The highest BCUT2D eigenvalue weighted by Crippen LogP contribution is 2.58. The molecule has 0 aliphatic heterocycles. The fourth-order valence-corrected chi connectivity index (χ4v) is 12.2. The zero-order chi connectivity index (χ0) is 42.6. The van der Waals surface area contributed by atoms with Gasteiger partial charge in [-0.2, -0.15) is 0 Å². The maximum Gasteiger partial charge on any atom is 0.136 e. The molecule has 0 amide bonds. The minimum absolute atomic E-state index is 0.0640. The standard InChI is InChI=1S/C62H47NO/c1-61(2)54-26-8-5-21-49(54)52-25-14-24-51(60(52)61)47-19-4-3-18-45(47)40-30-32-42(33-31-40)63(44-34-35-50-48-20-6-9-27-55(48)62(56(50)39-44)36-11-12-37-62)43-17-13-16-41(38-43)46-23-15-29-58-59(46)53-22-7-10-28-57(53)64-58/h3-10,13-35,38-39H,11-12,36-37H2,1-2H3. The molecule has 0 saturated heterocycles. The zero-order valence-corrected chi connectivity index (χ0v) is 36.2. The van der Waals surface area contributed by atoms with E-state index in [0.29, 0.717) is 0 Å². The summed E-state index contributed by atoms with van der Waals surface area (Å²) >= 11 is 0. The summed E-state index contributed by atoms with van der Waals surface area (Å²) < 4.78 is 6.37. The Morgan fingerprint density at radius 3 is 1.77 bits per heavy atom. The molecule has 0 radical (unpaired) electrons. The Kier molecular flexibility index (Phi) is 8.15. The molecule has 0 unspecified atom stereocenters. The number of benzene rings is 9. The molecule has 9 aromatic carbocycles. The fraction of sp³-hybridized carbons (Fsp3) is 0.129. The van der Waals surface area contributed by atoms with Crippen molar-refractivity contribution >= 4 is 39.0 Å². The summed E-state index contributed by atoms with van der Waals surface area (Å²) in [5.74, 6) is 0. The van der Waals surface area contributed by atoms with Gasteiger partial charge in [-0.3, -0.25) is 0 Å². The van der Waals surface area contributed by atoms with Crippen LogP contribution in [0, 0.1) is 0 Å². The minimum atomic E-state index is -0.112. The molecular weight excluding hydrogens is 775 g/mol. The van der Waals surface area contributed by atoms with Crippen molar-refractivity contribution in [1.82, 2.24) is 0 Å². The van der Waals surface area contributed by atoms with Gasteiger partial charge in [0.1, 0.15) is 11.2 Å². The predicted octanol–water partition coefficient (Wildman–Crippen LogP) is 17.2. The summed E-state index contributed by atoms with van der Waals surface area (Å²) in [6.45, 7) is 4.76. The molecule has 13 rings (SSSR count). The maximum atomic E-state index is 6.37. The molecule has 10 aromatic rings. The Morgan fingerprint density at radius 1 is 0.391 bits per heavy atom. The summed E-state index contributed by atoms with van der Waals surface area (Å²) in [7, 11) is 0. The van der Waals surface area contributed by atoms with Crippen molar-refractivity contribution in [3.8, 4) is 55.6 Å². The van der Waals surface area contributed by atoms with E-state index in [9.17, 15) is 0 Å². The van der Waals surface area contributed by atoms with Crippen molar-refractivity contribution in [3.05, 3.63) is 222 Å². The van der Waals surface area contributed by atoms with Crippen molar-refractivity contribution in [1.29, 1.82) is 0 Å². The Balaban J connectivity index is 0.960. The summed E-state index contributed by atoms with van der Waals surface area (Å²) in [6, 6.07) is 74.4. The molecule has 1 fully saturated rings. The lowest BCUT2D eigenvalue weighted by molar-refractivity contribution is 0.550. The van der Waals surface area contributed by atoms with Crippen LogP contribution in [0.25, 0.3) is 77.6 Å². The van der Waals surface area contributed by atoms with E-state index in [2.05, 4.69) is 213 Å². The third-order valence-electron chi connectivity index (χ3n) is 15.0. The van der Waals surface area contributed by atoms with E-state index in [1.54, 1.807) is 0 Å². The SMILES string of the molecule is CC1(C)c2ccccc2-c2cccc(-c3ccccc3-c3ccc(N(c4cccc(-c5cccc6oc7ccccc7c56)c4)c4ccc5c(c4)C4(CCCC4)c4ccccc4-5)cc3)c21. The van der Waals surface area contributed by atoms with Crippen LogP contribution in [0.15, 0.2) is 205 Å². The van der Waals surface area contributed by atoms with Gasteiger partial charge < -0.3 is 9.32 Å². The van der Waals surface area contributed by atoms with Gasteiger partial charge in [-0.25, -0.2) is 0 Å². The molecule has 64 heavy (non-hydrogen) atoms. The van der Waals surface area contributed by atoms with Crippen LogP contribution >= 0.6 is 0 Å². The molecular formula is C62H47NO. The van der Waals surface area contributed by atoms with Crippen molar-refractivity contribution in [2.24, 2.45) is 0 Å². The Bertz CT molecular complexity index is 3490. The van der Waals surface area contributed by atoms with Gasteiger partial charge in [0, 0.05) is 38.7 Å². The second kappa shape index (κ2) is 14.0. The maximum absolute atomic E-state index is 6.37. The van der Waals surface area contributed by atoms with Gasteiger partial charge in [-0.15, -0.1) is 0 Å². The van der Waals surface area contributed by atoms with E-state index in [1.165, 1.54) is 104 Å². The van der Waals surface area contributed by atoms with Crippen LogP contribution in [0.3, 0.4) is 0 Å². The molecule has 1 spiro atoms. The van der Waals surface area contributed by atoms with Crippen LogP contribution in [-0.2, 0) is 10.8 Å². The van der Waals surface area contributed by atoms with Gasteiger partial charge in [0.15, 0.2) is 0 Å². The second-order valence-corrected chi connectivity index (χ2v) is 18.7. The smallest absolute Gasteiger partial charge is 0.136 e. The Labute approximate surface area is 375 Å². The van der Waals surface area contributed by atoms with Gasteiger partial charge in [-0.05, 0) is 139 Å². The highest BCUT2D eigenvalue weighted by Gasteiger charge is 2.45. The van der Waals surface area contributed by atoms with E-state index in [-0.39, 0.29) is 10.8 Å². The van der Waals surface area contributed by atoms with Gasteiger partial charge in [0.2, 0.25) is 0 Å². The van der Waals surface area contributed by atoms with Gasteiger partial charge in [-0.1, -0.05) is 178 Å². The number of para-hydroxylation sites is 1. The minimum Gasteiger partial charge on any atom is -0.456 e. The Morgan fingerprint density at radius 2 is 0.953 bits per heavy atom. The van der Waals surface area contributed by atoms with Crippen molar-refractivity contribution in [3.63, 3.8) is 0 Å². The fourth-order valence-electron chi connectivity index (χ4n) is 12.2.